The molecule has 17 heavy (non-hydrogen) atoms. The van der Waals surface area contributed by atoms with Crippen LogP contribution in [0.2, 0.25) is 0 Å². The number of pyridine rings is 1. The van der Waals surface area contributed by atoms with E-state index in [1.165, 1.54) is 11.6 Å². The van der Waals surface area contributed by atoms with Crippen LogP contribution < -0.4 is 0 Å². The van der Waals surface area contributed by atoms with Crippen molar-refractivity contribution >= 4 is 0 Å². The van der Waals surface area contributed by atoms with Gasteiger partial charge in [-0.05, 0) is 41.8 Å². The summed E-state index contributed by atoms with van der Waals surface area (Å²) >= 11 is 0. The second kappa shape index (κ2) is 3.16. The first-order valence-electron chi connectivity index (χ1n) is 5.77. The maximum absolute atomic E-state index is 13.4. The van der Waals surface area contributed by atoms with Crippen molar-refractivity contribution in [3.05, 3.63) is 53.0 Å². The zero-order valence-corrected chi connectivity index (χ0v) is 10.2. The van der Waals surface area contributed by atoms with Crippen LogP contribution in [-0.2, 0) is 5.41 Å². The van der Waals surface area contributed by atoms with Gasteiger partial charge in [-0.25, -0.2) is 4.39 Å². The summed E-state index contributed by atoms with van der Waals surface area (Å²) in [5, 5.41) is 0. The first-order chi connectivity index (χ1) is 8.00. The SMILES string of the molecule is Cc1cnc2c(c1)C(C)(C)c1cc(F)ccc1-2. The number of nitrogens with zero attached hydrogens (tertiary/aromatic N) is 1. The normalized spacial score (nSPS) is 15.5. The molecule has 1 nitrogen and oxygen atoms in total. The van der Waals surface area contributed by atoms with Crippen molar-refractivity contribution in [1.82, 2.24) is 4.98 Å². The van der Waals surface area contributed by atoms with E-state index in [1.54, 1.807) is 6.07 Å². The van der Waals surface area contributed by atoms with Crippen molar-refractivity contribution in [3.8, 4) is 11.3 Å². The van der Waals surface area contributed by atoms with Gasteiger partial charge in [-0.15, -0.1) is 0 Å². The Bertz CT molecular complexity index is 561. The molecule has 0 fully saturated rings. The molecule has 2 aromatic rings. The molecule has 1 aromatic heterocycles. The lowest BCUT2D eigenvalue weighted by Crippen LogP contribution is -2.15. The highest BCUT2D eigenvalue weighted by molar-refractivity contribution is 5.77. The lowest BCUT2D eigenvalue weighted by Gasteiger charge is -2.21. The van der Waals surface area contributed by atoms with Crippen molar-refractivity contribution in [2.75, 3.05) is 0 Å². The molecule has 0 unspecified atom stereocenters. The smallest absolute Gasteiger partial charge is 0.123 e. The molecule has 0 atom stereocenters. The molecule has 3 rings (SSSR count). The molecular formula is C15H14FN. The third-order valence-electron chi connectivity index (χ3n) is 3.61. The number of benzene rings is 1. The van der Waals surface area contributed by atoms with Crippen LogP contribution in [0.15, 0.2) is 30.5 Å². The van der Waals surface area contributed by atoms with Crippen molar-refractivity contribution in [3.63, 3.8) is 0 Å². The number of aryl methyl sites for hydroxylation is 1. The minimum absolute atomic E-state index is 0.161. The molecule has 0 radical (unpaired) electrons. The zero-order valence-electron chi connectivity index (χ0n) is 10.2. The predicted molar refractivity (Wildman–Crippen MR) is 66.5 cm³/mol. The summed E-state index contributed by atoms with van der Waals surface area (Å²) < 4.78 is 13.4. The Balaban J connectivity index is 2.37. The number of hydrogen-bond donors (Lipinski definition) is 0. The van der Waals surface area contributed by atoms with Gasteiger partial charge in [0.25, 0.3) is 0 Å². The summed E-state index contributed by atoms with van der Waals surface area (Å²) in [6.07, 6.45) is 1.87. The van der Waals surface area contributed by atoms with E-state index in [4.69, 9.17) is 0 Å². The molecule has 0 aliphatic heterocycles. The quantitative estimate of drug-likeness (QED) is 0.666. The van der Waals surface area contributed by atoms with E-state index in [2.05, 4.69) is 24.9 Å². The van der Waals surface area contributed by atoms with Crippen molar-refractivity contribution in [2.45, 2.75) is 26.2 Å². The van der Waals surface area contributed by atoms with Crippen LogP contribution in [0.1, 0.15) is 30.5 Å². The third kappa shape index (κ3) is 1.33. The summed E-state index contributed by atoms with van der Waals surface area (Å²) in [6.45, 7) is 6.28. The fraction of sp³-hybridized carbons (Fsp3) is 0.267. The van der Waals surface area contributed by atoms with Gasteiger partial charge in [0.2, 0.25) is 0 Å². The van der Waals surface area contributed by atoms with Gasteiger partial charge in [0.05, 0.1) is 5.69 Å². The van der Waals surface area contributed by atoms with Crippen LogP contribution in [0, 0.1) is 12.7 Å². The molecule has 0 saturated heterocycles. The number of hydrogen-bond acceptors (Lipinski definition) is 1. The van der Waals surface area contributed by atoms with Crippen molar-refractivity contribution in [1.29, 1.82) is 0 Å². The van der Waals surface area contributed by atoms with Crippen LogP contribution in [-0.4, -0.2) is 4.98 Å². The van der Waals surface area contributed by atoms with E-state index in [0.717, 1.165) is 22.4 Å². The van der Waals surface area contributed by atoms with Crippen LogP contribution >= 0.6 is 0 Å². The Morgan fingerprint density at radius 2 is 1.88 bits per heavy atom. The Morgan fingerprint density at radius 3 is 2.65 bits per heavy atom. The van der Waals surface area contributed by atoms with Crippen LogP contribution in [0.4, 0.5) is 4.39 Å². The fourth-order valence-corrected chi connectivity index (χ4v) is 2.65. The standard InChI is InChI=1S/C15H14FN/c1-9-6-13-14(17-8-9)11-5-4-10(16)7-12(11)15(13,2)3/h4-8H,1-3H3. The fourth-order valence-electron chi connectivity index (χ4n) is 2.65. The van der Waals surface area contributed by atoms with Crippen LogP contribution in [0.3, 0.4) is 0 Å². The first kappa shape index (κ1) is 10.5. The summed E-state index contributed by atoms with van der Waals surface area (Å²) in [5.74, 6) is -0.179. The molecular weight excluding hydrogens is 213 g/mol. The van der Waals surface area contributed by atoms with E-state index in [1.807, 2.05) is 19.2 Å². The number of fused-ring (bicyclic) bond motifs is 3. The first-order valence-corrected chi connectivity index (χ1v) is 5.77. The predicted octanol–water partition coefficient (Wildman–Crippen LogP) is 3.84. The maximum Gasteiger partial charge on any atom is 0.123 e. The molecule has 1 aromatic carbocycles. The van der Waals surface area contributed by atoms with E-state index in [-0.39, 0.29) is 11.2 Å². The van der Waals surface area contributed by atoms with E-state index >= 15 is 0 Å². The number of halogens is 1. The molecule has 0 N–H and O–H groups in total. The average Bonchev–Trinajstić information content (AvgIpc) is 2.49. The molecule has 86 valence electrons. The second-order valence-corrected chi connectivity index (χ2v) is 5.22. The van der Waals surface area contributed by atoms with Gasteiger partial charge >= 0.3 is 0 Å². The van der Waals surface area contributed by atoms with Gasteiger partial charge < -0.3 is 0 Å². The van der Waals surface area contributed by atoms with E-state index in [0.29, 0.717) is 0 Å². The lowest BCUT2D eigenvalue weighted by molar-refractivity contribution is 0.609. The molecule has 2 heteroatoms. The summed E-state index contributed by atoms with van der Waals surface area (Å²) in [4.78, 5) is 4.50. The van der Waals surface area contributed by atoms with Crippen molar-refractivity contribution < 1.29 is 4.39 Å². The zero-order chi connectivity index (χ0) is 12.2. The monoisotopic (exact) mass is 227 g/mol. The van der Waals surface area contributed by atoms with Gasteiger partial charge in [-0.2, -0.15) is 0 Å². The maximum atomic E-state index is 13.4. The minimum Gasteiger partial charge on any atom is -0.256 e. The minimum atomic E-state index is -0.179. The number of rotatable bonds is 0. The summed E-state index contributed by atoms with van der Waals surface area (Å²) in [5.41, 5.74) is 5.27. The molecule has 0 amide bonds. The molecule has 1 aliphatic rings. The van der Waals surface area contributed by atoms with Gasteiger partial charge in [0.1, 0.15) is 5.82 Å². The Morgan fingerprint density at radius 1 is 1.12 bits per heavy atom. The highest BCUT2D eigenvalue weighted by atomic mass is 19.1. The van der Waals surface area contributed by atoms with E-state index < -0.39 is 0 Å². The average molecular weight is 227 g/mol. The van der Waals surface area contributed by atoms with Gasteiger partial charge in [-0.1, -0.05) is 19.9 Å². The Hall–Kier alpha value is -1.70. The van der Waals surface area contributed by atoms with Gasteiger partial charge in [-0.3, -0.25) is 4.98 Å². The molecule has 1 heterocycles. The third-order valence-corrected chi connectivity index (χ3v) is 3.61. The largest absolute Gasteiger partial charge is 0.256 e. The second-order valence-electron chi connectivity index (χ2n) is 5.22. The summed E-state index contributed by atoms with van der Waals surface area (Å²) in [6, 6.07) is 7.12. The van der Waals surface area contributed by atoms with Crippen LogP contribution in [0.25, 0.3) is 11.3 Å². The molecule has 0 spiro atoms. The van der Waals surface area contributed by atoms with Crippen molar-refractivity contribution in [2.24, 2.45) is 0 Å². The van der Waals surface area contributed by atoms with Gasteiger partial charge in [0.15, 0.2) is 0 Å². The van der Waals surface area contributed by atoms with Gasteiger partial charge in [0, 0.05) is 17.2 Å². The lowest BCUT2D eigenvalue weighted by atomic mass is 9.82. The molecule has 0 saturated carbocycles. The van der Waals surface area contributed by atoms with E-state index in [9.17, 15) is 4.39 Å². The topological polar surface area (TPSA) is 12.9 Å². The Labute approximate surface area is 100 Å². The molecule has 1 aliphatic carbocycles. The number of aromatic nitrogens is 1. The summed E-state index contributed by atoms with van der Waals surface area (Å²) in [7, 11) is 0. The highest BCUT2D eigenvalue weighted by Gasteiger charge is 2.36. The highest BCUT2D eigenvalue weighted by Crippen LogP contribution is 2.47. The van der Waals surface area contributed by atoms with Crippen LogP contribution in [0.5, 0.6) is 0 Å². The Kier molecular flexibility index (Phi) is 1.94. The molecule has 0 bridgehead atoms.